The fraction of sp³-hybridized carbons (Fsp3) is 0.538. The molecule has 0 aromatic heterocycles. The van der Waals surface area contributed by atoms with Crippen molar-refractivity contribution in [1.82, 2.24) is 0 Å². The van der Waals surface area contributed by atoms with Gasteiger partial charge in [-0.15, -0.1) is 0 Å². The molecule has 1 unspecified atom stereocenters. The molecule has 2 heteroatoms. The van der Waals surface area contributed by atoms with E-state index >= 15 is 0 Å². The second kappa shape index (κ2) is 4.25. The Morgan fingerprint density at radius 2 is 2.13 bits per heavy atom. The van der Waals surface area contributed by atoms with Crippen LogP contribution in [0.25, 0.3) is 0 Å². The molecule has 0 saturated heterocycles. The van der Waals surface area contributed by atoms with Gasteiger partial charge >= 0.3 is 0 Å². The molecule has 1 aromatic carbocycles. The van der Waals surface area contributed by atoms with E-state index in [1.54, 1.807) is 0 Å². The summed E-state index contributed by atoms with van der Waals surface area (Å²) < 4.78 is 14.5. The number of halogens is 2. The molecule has 0 fully saturated rings. The molecule has 0 nitrogen and oxygen atoms in total. The zero-order valence-corrected chi connectivity index (χ0v) is 10.8. The predicted molar refractivity (Wildman–Crippen MR) is 64.6 cm³/mol. The van der Waals surface area contributed by atoms with Crippen molar-refractivity contribution in [2.45, 2.75) is 39.0 Å². The van der Waals surface area contributed by atoms with Gasteiger partial charge in [0, 0.05) is 0 Å². The minimum absolute atomic E-state index is 0.0437. The largest absolute Gasteiger partial charge is 0.205 e. The van der Waals surface area contributed by atoms with E-state index < -0.39 is 0 Å². The van der Waals surface area contributed by atoms with Gasteiger partial charge in [-0.05, 0) is 64.2 Å². The van der Waals surface area contributed by atoms with E-state index in [4.69, 9.17) is 0 Å². The molecule has 15 heavy (non-hydrogen) atoms. The molecule has 0 saturated carbocycles. The Morgan fingerprint density at radius 1 is 1.40 bits per heavy atom. The number of hydrogen-bond acceptors (Lipinski definition) is 0. The van der Waals surface area contributed by atoms with E-state index in [0.717, 1.165) is 18.4 Å². The fourth-order valence-corrected chi connectivity index (χ4v) is 2.93. The molecule has 82 valence electrons. The van der Waals surface area contributed by atoms with Gasteiger partial charge in [-0.3, -0.25) is 0 Å². The van der Waals surface area contributed by atoms with E-state index in [1.165, 1.54) is 12.0 Å². The van der Waals surface area contributed by atoms with Crippen molar-refractivity contribution in [3.63, 3.8) is 0 Å². The molecule has 1 aliphatic rings. The van der Waals surface area contributed by atoms with Crippen LogP contribution in [-0.2, 0) is 6.42 Å². The third-order valence-corrected chi connectivity index (χ3v) is 3.99. The molecule has 0 amide bonds. The lowest BCUT2D eigenvalue weighted by Crippen LogP contribution is -2.16. The summed E-state index contributed by atoms with van der Waals surface area (Å²) in [5, 5.41) is 0. The lowest BCUT2D eigenvalue weighted by Gasteiger charge is -2.29. The van der Waals surface area contributed by atoms with Gasteiger partial charge in [0.1, 0.15) is 5.82 Å². The minimum atomic E-state index is -0.0437. The highest BCUT2D eigenvalue weighted by Gasteiger charge is 2.25. The van der Waals surface area contributed by atoms with Crippen molar-refractivity contribution >= 4 is 15.9 Å². The maximum Gasteiger partial charge on any atom is 0.140 e. The first-order chi connectivity index (χ1) is 7.11. The molecule has 1 aromatic rings. The van der Waals surface area contributed by atoms with Crippen LogP contribution in [0.1, 0.15) is 43.7 Å². The zero-order chi connectivity index (χ0) is 11.0. The van der Waals surface area contributed by atoms with E-state index in [-0.39, 0.29) is 5.82 Å². The maximum absolute atomic E-state index is 13.9. The summed E-state index contributed by atoms with van der Waals surface area (Å²) >= 11 is 3.26. The normalized spacial score (nSPS) is 20.5. The van der Waals surface area contributed by atoms with Crippen LogP contribution in [0.5, 0.6) is 0 Å². The zero-order valence-electron chi connectivity index (χ0n) is 9.19. The number of rotatable bonds is 1. The Labute approximate surface area is 99.0 Å². The van der Waals surface area contributed by atoms with Crippen molar-refractivity contribution in [1.29, 1.82) is 0 Å². The summed E-state index contributed by atoms with van der Waals surface area (Å²) in [4.78, 5) is 0. The number of fused-ring (bicyclic) bond motifs is 1. The van der Waals surface area contributed by atoms with E-state index in [9.17, 15) is 4.39 Å². The molecule has 0 spiro atoms. The molecule has 1 aliphatic carbocycles. The summed E-state index contributed by atoms with van der Waals surface area (Å²) in [6.45, 7) is 4.44. The predicted octanol–water partition coefficient (Wildman–Crippen LogP) is 4.66. The first-order valence-corrected chi connectivity index (χ1v) is 6.37. The highest BCUT2D eigenvalue weighted by molar-refractivity contribution is 9.10. The lowest BCUT2D eigenvalue weighted by molar-refractivity contribution is 0.424. The van der Waals surface area contributed by atoms with Crippen molar-refractivity contribution < 1.29 is 4.39 Å². The van der Waals surface area contributed by atoms with Crippen molar-refractivity contribution in [3.05, 3.63) is 33.5 Å². The molecule has 2 rings (SSSR count). The lowest BCUT2D eigenvalue weighted by atomic mass is 9.77. The monoisotopic (exact) mass is 270 g/mol. The van der Waals surface area contributed by atoms with E-state index in [1.807, 2.05) is 6.07 Å². The summed E-state index contributed by atoms with van der Waals surface area (Å²) in [6, 6.07) is 3.93. The van der Waals surface area contributed by atoms with Crippen LogP contribution in [0.3, 0.4) is 0 Å². The summed E-state index contributed by atoms with van der Waals surface area (Å²) in [5.74, 6) is 1.10. The maximum atomic E-state index is 13.9. The van der Waals surface area contributed by atoms with Crippen molar-refractivity contribution in [2.75, 3.05) is 0 Å². The number of hydrogen-bond donors (Lipinski definition) is 0. The van der Waals surface area contributed by atoms with Crippen LogP contribution in [0.15, 0.2) is 16.6 Å². The first-order valence-electron chi connectivity index (χ1n) is 5.58. The highest BCUT2D eigenvalue weighted by atomic mass is 79.9. The van der Waals surface area contributed by atoms with Crippen LogP contribution in [0.2, 0.25) is 0 Å². The molecule has 0 aliphatic heterocycles. The summed E-state index contributed by atoms with van der Waals surface area (Å²) in [6.07, 6.45) is 3.21. The Morgan fingerprint density at radius 3 is 2.80 bits per heavy atom. The van der Waals surface area contributed by atoms with Crippen LogP contribution >= 0.6 is 15.9 Å². The molecular formula is C13H16BrF. The van der Waals surface area contributed by atoms with Crippen LogP contribution in [0, 0.1) is 11.7 Å². The second-order valence-corrected chi connectivity index (χ2v) is 5.53. The van der Waals surface area contributed by atoms with Crippen LogP contribution < -0.4 is 0 Å². The van der Waals surface area contributed by atoms with Crippen molar-refractivity contribution in [3.8, 4) is 0 Å². The van der Waals surface area contributed by atoms with Crippen LogP contribution in [-0.4, -0.2) is 0 Å². The highest BCUT2D eigenvalue weighted by Crippen LogP contribution is 2.39. The smallest absolute Gasteiger partial charge is 0.140 e. The Hall–Kier alpha value is -0.370. The quantitative estimate of drug-likeness (QED) is 0.696. The van der Waals surface area contributed by atoms with Crippen molar-refractivity contribution in [2.24, 2.45) is 5.92 Å². The molecule has 0 heterocycles. The molecule has 1 atom stereocenters. The Bertz CT molecular complexity index is 371. The summed E-state index contributed by atoms with van der Waals surface area (Å²) in [7, 11) is 0. The SMILES string of the molecule is CC(C)C1CCCc2c1ccc(Br)c2F. The Kier molecular flexibility index (Phi) is 3.15. The third kappa shape index (κ3) is 1.96. The van der Waals surface area contributed by atoms with E-state index in [2.05, 4.69) is 35.8 Å². The number of benzene rings is 1. The van der Waals surface area contributed by atoms with Gasteiger partial charge in [0.2, 0.25) is 0 Å². The molecule has 0 N–H and O–H groups in total. The fourth-order valence-electron chi connectivity index (χ4n) is 2.56. The van der Waals surface area contributed by atoms with Gasteiger partial charge < -0.3 is 0 Å². The molecular weight excluding hydrogens is 255 g/mol. The standard InChI is InChI=1S/C13H16BrF/c1-8(2)9-4-3-5-11-10(9)6-7-12(14)13(11)15/h6-9H,3-5H2,1-2H3. The van der Waals surface area contributed by atoms with Crippen LogP contribution in [0.4, 0.5) is 4.39 Å². The average molecular weight is 271 g/mol. The third-order valence-electron chi connectivity index (χ3n) is 3.38. The van der Waals surface area contributed by atoms with Gasteiger partial charge in [0.25, 0.3) is 0 Å². The van der Waals surface area contributed by atoms with E-state index in [0.29, 0.717) is 16.3 Å². The van der Waals surface area contributed by atoms with Gasteiger partial charge in [-0.25, -0.2) is 4.39 Å². The van der Waals surface area contributed by atoms with Gasteiger partial charge in [-0.2, -0.15) is 0 Å². The average Bonchev–Trinajstić information content (AvgIpc) is 2.23. The van der Waals surface area contributed by atoms with Gasteiger partial charge in [-0.1, -0.05) is 19.9 Å². The summed E-state index contributed by atoms with van der Waals surface area (Å²) in [5.41, 5.74) is 2.17. The second-order valence-electron chi connectivity index (χ2n) is 4.67. The first kappa shape index (κ1) is 11.1. The minimum Gasteiger partial charge on any atom is -0.205 e. The topological polar surface area (TPSA) is 0 Å². The molecule has 0 radical (unpaired) electrons. The van der Waals surface area contributed by atoms with Gasteiger partial charge in [0.05, 0.1) is 4.47 Å². The Balaban J connectivity index is 2.49. The van der Waals surface area contributed by atoms with Gasteiger partial charge in [0.15, 0.2) is 0 Å². The molecule has 0 bridgehead atoms.